The van der Waals surface area contributed by atoms with Crippen LogP contribution in [0.5, 0.6) is 0 Å². The van der Waals surface area contributed by atoms with Crippen LogP contribution in [0.1, 0.15) is 43.2 Å². The van der Waals surface area contributed by atoms with Gasteiger partial charge in [0, 0.05) is 44.7 Å². The second-order valence-electron chi connectivity index (χ2n) is 9.21. The van der Waals surface area contributed by atoms with Gasteiger partial charge in [0.05, 0.1) is 4.90 Å². The van der Waals surface area contributed by atoms with Gasteiger partial charge < -0.3 is 4.90 Å². The SMILES string of the molecule is C=C(C1CCCC1)N1CCN(S(=O)(=O)c2ccc(CC(=O)CCc3ccccc3)cc2)CC1. The molecule has 0 radical (unpaired) electrons. The molecule has 1 heterocycles. The predicted molar refractivity (Wildman–Crippen MR) is 131 cm³/mol. The van der Waals surface area contributed by atoms with Crippen molar-refractivity contribution in [2.75, 3.05) is 26.2 Å². The maximum atomic E-state index is 13.1. The van der Waals surface area contributed by atoms with Crippen LogP contribution < -0.4 is 0 Å². The fraction of sp³-hybridized carbons (Fsp3) is 0.444. The van der Waals surface area contributed by atoms with Crippen molar-refractivity contribution in [1.29, 1.82) is 0 Å². The molecule has 2 aromatic carbocycles. The van der Waals surface area contributed by atoms with E-state index in [2.05, 4.69) is 11.5 Å². The molecule has 176 valence electrons. The number of sulfonamides is 1. The summed E-state index contributed by atoms with van der Waals surface area (Å²) >= 11 is 0. The molecule has 1 aliphatic carbocycles. The van der Waals surface area contributed by atoms with Gasteiger partial charge in [0.1, 0.15) is 5.78 Å². The lowest BCUT2D eigenvalue weighted by atomic mass is 10.0. The van der Waals surface area contributed by atoms with Gasteiger partial charge in [-0.25, -0.2) is 8.42 Å². The number of nitrogens with zero attached hydrogens (tertiary/aromatic N) is 2. The summed E-state index contributed by atoms with van der Waals surface area (Å²) in [4.78, 5) is 14.9. The summed E-state index contributed by atoms with van der Waals surface area (Å²) in [6.07, 6.45) is 6.50. The molecule has 6 heteroatoms. The summed E-state index contributed by atoms with van der Waals surface area (Å²) < 4.78 is 27.8. The standard InChI is InChI=1S/C27H34N2O3S/c1-22(25-9-5-6-10-25)28-17-19-29(20-18-28)33(31,32)27-15-12-24(13-16-27)21-26(30)14-11-23-7-3-2-4-8-23/h2-4,7-8,12-13,15-16,25H,1,5-6,9-11,14,17-21H2. The van der Waals surface area contributed by atoms with E-state index < -0.39 is 10.0 Å². The van der Waals surface area contributed by atoms with E-state index in [0.717, 1.165) is 17.5 Å². The largest absolute Gasteiger partial charge is 0.372 e. The summed E-state index contributed by atoms with van der Waals surface area (Å²) in [5.74, 6) is 0.726. The average Bonchev–Trinajstić information content (AvgIpc) is 3.38. The molecule has 0 bridgehead atoms. The number of ketones is 1. The summed E-state index contributed by atoms with van der Waals surface area (Å²) in [7, 11) is -3.53. The van der Waals surface area contributed by atoms with Crippen LogP contribution in [-0.4, -0.2) is 49.6 Å². The normalized spacial score (nSPS) is 17.9. The highest BCUT2D eigenvalue weighted by Gasteiger charge is 2.30. The molecule has 2 aromatic rings. The third-order valence-corrected chi connectivity index (χ3v) is 8.88. The van der Waals surface area contributed by atoms with Gasteiger partial charge in [0.15, 0.2) is 0 Å². The number of aryl methyl sites for hydroxylation is 1. The Hall–Kier alpha value is -2.44. The summed E-state index contributed by atoms with van der Waals surface area (Å²) in [5, 5.41) is 0. The van der Waals surface area contributed by atoms with Crippen LogP contribution in [0.25, 0.3) is 0 Å². The Morgan fingerprint density at radius 2 is 1.52 bits per heavy atom. The van der Waals surface area contributed by atoms with Gasteiger partial charge >= 0.3 is 0 Å². The molecule has 33 heavy (non-hydrogen) atoms. The van der Waals surface area contributed by atoms with Crippen LogP contribution >= 0.6 is 0 Å². The first-order chi connectivity index (χ1) is 15.9. The minimum Gasteiger partial charge on any atom is -0.372 e. The van der Waals surface area contributed by atoms with Crippen molar-refractivity contribution < 1.29 is 13.2 Å². The van der Waals surface area contributed by atoms with Crippen molar-refractivity contribution in [1.82, 2.24) is 9.21 Å². The maximum Gasteiger partial charge on any atom is 0.243 e. The van der Waals surface area contributed by atoms with Crippen molar-refractivity contribution in [2.45, 2.75) is 49.8 Å². The summed E-state index contributed by atoms with van der Waals surface area (Å²) in [6, 6.07) is 16.8. The zero-order valence-electron chi connectivity index (χ0n) is 19.3. The number of carbonyl (C=O) groups excluding carboxylic acids is 1. The van der Waals surface area contributed by atoms with Crippen LogP contribution in [0.15, 0.2) is 71.8 Å². The molecule has 2 fully saturated rings. The van der Waals surface area contributed by atoms with Crippen molar-refractivity contribution in [3.8, 4) is 0 Å². The first-order valence-corrected chi connectivity index (χ1v) is 13.5. The number of piperazine rings is 1. The third kappa shape index (κ3) is 5.92. The Morgan fingerprint density at radius 1 is 0.879 bits per heavy atom. The van der Waals surface area contributed by atoms with E-state index in [4.69, 9.17) is 0 Å². The van der Waals surface area contributed by atoms with Gasteiger partial charge in [0.25, 0.3) is 0 Å². The second-order valence-corrected chi connectivity index (χ2v) is 11.1. The average molecular weight is 467 g/mol. The molecule has 0 amide bonds. The Labute approximate surface area is 198 Å². The molecule has 0 atom stereocenters. The second kappa shape index (κ2) is 10.7. The quantitative estimate of drug-likeness (QED) is 0.548. The number of hydrogen-bond donors (Lipinski definition) is 0. The molecule has 1 aliphatic heterocycles. The zero-order valence-corrected chi connectivity index (χ0v) is 20.1. The van der Waals surface area contributed by atoms with Gasteiger partial charge in [-0.15, -0.1) is 0 Å². The molecule has 0 spiro atoms. The zero-order chi connectivity index (χ0) is 23.3. The number of hydrogen-bond acceptors (Lipinski definition) is 4. The van der Waals surface area contributed by atoms with Gasteiger partial charge in [-0.2, -0.15) is 4.31 Å². The number of Topliss-reactive ketones (excluding diaryl/α,β-unsaturated/α-hetero) is 1. The number of rotatable bonds is 9. The Kier molecular flexibility index (Phi) is 7.66. The van der Waals surface area contributed by atoms with Crippen LogP contribution in [0.3, 0.4) is 0 Å². The van der Waals surface area contributed by atoms with E-state index in [9.17, 15) is 13.2 Å². The molecular weight excluding hydrogens is 432 g/mol. The third-order valence-electron chi connectivity index (χ3n) is 6.97. The molecule has 5 nitrogen and oxygen atoms in total. The van der Waals surface area contributed by atoms with E-state index in [0.29, 0.717) is 49.8 Å². The minimum absolute atomic E-state index is 0.160. The number of carbonyl (C=O) groups is 1. The van der Waals surface area contributed by atoms with Crippen molar-refractivity contribution in [2.24, 2.45) is 5.92 Å². The maximum absolute atomic E-state index is 13.1. The molecular formula is C27H34N2O3S. The minimum atomic E-state index is -3.53. The highest BCUT2D eigenvalue weighted by molar-refractivity contribution is 7.89. The van der Waals surface area contributed by atoms with E-state index in [-0.39, 0.29) is 5.78 Å². The molecule has 1 saturated carbocycles. The number of allylic oxidation sites excluding steroid dienone is 1. The predicted octanol–water partition coefficient (Wildman–Crippen LogP) is 4.44. The molecule has 2 aliphatic rings. The van der Waals surface area contributed by atoms with Crippen molar-refractivity contribution >= 4 is 15.8 Å². The van der Waals surface area contributed by atoms with Crippen LogP contribution in [0.4, 0.5) is 0 Å². The molecule has 0 unspecified atom stereocenters. The Balaban J connectivity index is 1.29. The first-order valence-electron chi connectivity index (χ1n) is 12.0. The molecule has 4 rings (SSSR count). The highest BCUT2D eigenvalue weighted by Crippen LogP contribution is 2.32. The molecule has 0 N–H and O–H groups in total. The Morgan fingerprint density at radius 3 is 2.15 bits per heavy atom. The lowest BCUT2D eigenvalue weighted by Gasteiger charge is -2.38. The smallest absolute Gasteiger partial charge is 0.243 e. The van der Waals surface area contributed by atoms with Crippen LogP contribution in [-0.2, 0) is 27.7 Å². The lowest BCUT2D eigenvalue weighted by Crippen LogP contribution is -2.48. The van der Waals surface area contributed by atoms with Crippen LogP contribution in [0.2, 0.25) is 0 Å². The van der Waals surface area contributed by atoms with E-state index in [1.54, 1.807) is 28.6 Å². The summed E-state index contributed by atoms with van der Waals surface area (Å²) in [6.45, 7) is 6.65. The fourth-order valence-corrected chi connectivity index (χ4v) is 6.33. The first kappa shape index (κ1) is 23.7. The van der Waals surface area contributed by atoms with E-state index in [1.807, 2.05) is 30.3 Å². The van der Waals surface area contributed by atoms with E-state index >= 15 is 0 Å². The molecule has 0 aromatic heterocycles. The highest BCUT2D eigenvalue weighted by atomic mass is 32.2. The fourth-order valence-electron chi connectivity index (χ4n) is 4.91. The van der Waals surface area contributed by atoms with E-state index in [1.165, 1.54) is 31.4 Å². The molecule has 1 saturated heterocycles. The topological polar surface area (TPSA) is 57.7 Å². The Bertz CT molecular complexity index is 1050. The van der Waals surface area contributed by atoms with Gasteiger partial charge in [0.2, 0.25) is 10.0 Å². The van der Waals surface area contributed by atoms with Crippen molar-refractivity contribution in [3.63, 3.8) is 0 Å². The van der Waals surface area contributed by atoms with Gasteiger partial charge in [-0.3, -0.25) is 4.79 Å². The van der Waals surface area contributed by atoms with Gasteiger partial charge in [-0.1, -0.05) is 61.9 Å². The van der Waals surface area contributed by atoms with Gasteiger partial charge in [-0.05, 0) is 48.4 Å². The lowest BCUT2D eigenvalue weighted by molar-refractivity contribution is -0.118. The van der Waals surface area contributed by atoms with Crippen LogP contribution in [0, 0.1) is 5.92 Å². The number of benzene rings is 2. The van der Waals surface area contributed by atoms with Crippen molar-refractivity contribution in [3.05, 3.63) is 78.0 Å². The monoisotopic (exact) mass is 466 g/mol. The summed E-state index contributed by atoms with van der Waals surface area (Å²) in [5.41, 5.74) is 3.19.